The molecule has 0 fully saturated rings. The van der Waals surface area contributed by atoms with Gasteiger partial charge in [-0.2, -0.15) is 0 Å². The van der Waals surface area contributed by atoms with Gasteiger partial charge in [0.1, 0.15) is 10.7 Å². The molecule has 0 spiro atoms. The fourth-order valence-electron chi connectivity index (χ4n) is 1.91. The molecule has 2 rings (SSSR count). The monoisotopic (exact) mass is 325 g/mol. The first-order valence-corrected chi connectivity index (χ1v) is 9.00. The van der Waals surface area contributed by atoms with Gasteiger partial charge in [-0.15, -0.1) is 11.3 Å². The maximum absolute atomic E-state index is 12.5. The first kappa shape index (κ1) is 15.9. The zero-order chi connectivity index (χ0) is 15.5. The molecule has 2 aromatic rings. The quantitative estimate of drug-likeness (QED) is 0.857. The fraction of sp³-hybridized carbons (Fsp3) is 0.357. The number of hydrogen-bond acceptors (Lipinski definition) is 5. The lowest BCUT2D eigenvalue weighted by atomic mass is 10.0. The van der Waals surface area contributed by atoms with Crippen molar-refractivity contribution in [2.75, 3.05) is 12.4 Å². The van der Waals surface area contributed by atoms with E-state index in [9.17, 15) is 8.42 Å². The van der Waals surface area contributed by atoms with Gasteiger partial charge in [0, 0.05) is 18.1 Å². The van der Waals surface area contributed by atoms with Crippen LogP contribution in [0.4, 0.5) is 5.82 Å². The largest absolute Gasteiger partial charge is 0.373 e. The number of thiophene rings is 1. The van der Waals surface area contributed by atoms with Gasteiger partial charge in [0.2, 0.25) is 10.0 Å². The minimum atomic E-state index is -3.59. The van der Waals surface area contributed by atoms with Crippen molar-refractivity contribution in [2.24, 2.45) is 5.92 Å². The lowest BCUT2D eigenvalue weighted by Crippen LogP contribution is -2.31. The summed E-state index contributed by atoms with van der Waals surface area (Å²) in [6.45, 7) is 3.99. The van der Waals surface area contributed by atoms with Gasteiger partial charge in [0.25, 0.3) is 0 Å². The average molecular weight is 325 g/mol. The summed E-state index contributed by atoms with van der Waals surface area (Å²) in [6.07, 6.45) is 1.36. The van der Waals surface area contributed by atoms with E-state index in [0.717, 1.165) is 4.88 Å². The molecule has 0 aliphatic carbocycles. The van der Waals surface area contributed by atoms with Crippen LogP contribution in [-0.4, -0.2) is 20.4 Å². The summed E-state index contributed by atoms with van der Waals surface area (Å²) >= 11 is 1.55. The number of nitrogens with zero attached hydrogens (tertiary/aromatic N) is 1. The number of sulfonamides is 1. The molecule has 2 N–H and O–H groups in total. The van der Waals surface area contributed by atoms with Gasteiger partial charge in [0.15, 0.2) is 0 Å². The Hall–Kier alpha value is -1.44. The van der Waals surface area contributed by atoms with Crippen LogP contribution in [0.1, 0.15) is 24.8 Å². The Morgan fingerprint density at radius 1 is 1.24 bits per heavy atom. The second-order valence-corrected chi connectivity index (χ2v) is 7.68. The molecule has 2 heterocycles. The van der Waals surface area contributed by atoms with Gasteiger partial charge in [-0.25, -0.2) is 18.1 Å². The molecule has 0 aliphatic heterocycles. The van der Waals surface area contributed by atoms with Gasteiger partial charge in [0.05, 0.1) is 6.04 Å². The normalized spacial score (nSPS) is 13.3. The van der Waals surface area contributed by atoms with E-state index in [2.05, 4.69) is 15.0 Å². The molecule has 0 bridgehead atoms. The first-order chi connectivity index (χ1) is 9.94. The van der Waals surface area contributed by atoms with Crippen LogP contribution in [0.2, 0.25) is 0 Å². The molecule has 114 valence electrons. The Balaban J connectivity index is 2.26. The van der Waals surface area contributed by atoms with Crippen LogP contribution in [0.25, 0.3) is 0 Å². The molecular weight excluding hydrogens is 306 g/mol. The third kappa shape index (κ3) is 3.81. The minimum absolute atomic E-state index is 0.156. The topological polar surface area (TPSA) is 71.1 Å². The molecule has 0 aromatic carbocycles. The van der Waals surface area contributed by atoms with Crippen molar-refractivity contribution in [2.45, 2.75) is 24.8 Å². The second-order valence-electron chi connectivity index (χ2n) is 4.99. The van der Waals surface area contributed by atoms with Crippen LogP contribution in [0.15, 0.2) is 40.7 Å². The van der Waals surface area contributed by atoms with Gasteiger partial charge in [-0.05, 0) is 29.5 Å². The molecule has 1 atom stereocenters. The van der Waals surface area contributed by atoms with Gasteiger partial charge >= 0.3 is 0 Å². The van der Waals surface area contributed by atoms with Crippen LogP contribution < -0.4 is 10.0 Å². The highest BCUT2D eigenvalue weighted by molar-refractivity contribution is 7.89. The Bertz CT molecular complexity index is 665. The third-order valence-electron chi connectivity index (χ3n) is 3.10. The SMILES string of the molecule is CNc1ccc(S(=O)(=O)NC(c2cccs2)C(C)C)cn1. The standard InChI is InChI=1S/C14H19N3O2S2/c1-10(2)14(12-5-4-8-20-12)17-21(18,19)11-6-7-13(15-3)16-9-11/h4-10,14,17H,1-3H3,(H,15,16). The predicted octanol–water partition coefficient (Wildman–Crippen LogP) is 2.86. The molecule has 7 heteroatoms. The Labute approximate surface area is 129 Å². The number of rotatable bonds is 6. The van der Waals surface area contributed by atoms with E-state index in [4.69, 9.17) is 0 Å². The van der Waals surface area contributed by atoms with Crippen molar-refractivity contribution in [3.05, 3.63) is 40.7 Å². The highest BCUT2D eigenvalue weighted by Crippen LogP contribution is 2.27. The molecule has 0 saturated heterocycles. The molecule has 0 aliphatic rings. The van der Waals surface area contributed by atoms with E-state index < -0.39 is 10.0 Å². The number of anilines is 1. The zero-order valence-corrected chi connectivity index (χ0v) is 13.8. The summed E-state index contributed by atoms with van der Waals surface area (Å²) in [6, 6.07) is 6.82. The van der Waals surface area contributed by atoms with Gasteiger partial charge in [-0.3, -0.25) is 0 Å². The fourth-order valence-corrected chi connectivity index (χ4v) is 4.25. The van der Waals surface area contributed by atoms with Crippen LogP contribution in [0, 0.1) is 5.92 Å². The summed E-state index contributed by atoms with van der Waals surface area (Å²) < 4.78 is 27.7. The molecule has 5 nitrogen and oxygen atoms in total. The summed E-state index contributed by atoms with van der Waals surface area (Å²) in [5.74, 6) is 0.788. The number of nitrogens with one attached hydrogen (secondary N) is 2. The molecule has 0 amide bonds. The molecular formula is C14H19N3O2S2. The van der Waals surface area contributed by atoms with Crippen molar-refractivity contribution in [3.8, 4) is 0 Å². The average Bonchev–Trinajstić information content (AvgIpc) is 2.98. The third-order valence-corrected chi connectivity index (χ3v) is 5.48. The zero-order valence-electron chi connectivity index (χ0n) is 12.2. The van der Waals surface area contributed by atoms with E-state index in [1.807, 2.05) is 31.4 Å². The first-order valence-electron chi connectivity index (χ1n) is 6.63. The highest BCUT2D eigenvalue weighted by atomic mass is 32.2. The van der Waals surface area contributed by atoms with Crippen molar-refractivity contribution < 1.29 is 8.42 Å². The van der Waals surface area contributed by atoms with Crippen molar-refractivity contribution in [1.82, 2.24) is 9.71 Å². The Kier molecular flexibility index (Phi) is 4.97. The van der Waals surface area contributed by atoms with Gasteiger partial charge in [-0.1, -0.05) is 19.9 Å². The summed E-state index contributed by atoms with van der Waals surface area (Å²) in [5.41, 5.74) is 0. The molecule has 0 saturated carbocycles. The van der Waals surface area contributed by atoms with Crippen LogP contribution in [0.5, 0.6) is 0 Å². The van der Waals surface area contributed by atoms with E-state index in [-0.39, 0.29) is 16.9 Å². The van der Waals surface area contributed by atoms with Gasteiger partial charge < -0.3 is 5.32 Å². The van der Waals surface area contributed by atoms with Crippen molar-refractivity contribution >= 4 is 27.2 Å². The molecule has 21 heavy (non-hydrogen) atoms. The molecule has 1 unspecified atom stereocenters. The van der Waals surface area contributed by atoms with E-state index in [1.54, 1.807) is 30.5 Å². The smallest absolute Gasteiger partial charge is 0.242 e. The number of pyridine rings is 1. The van der Waals surface area contributed by atoms with E-state index in [1.165, 1.54) is 6.20 Å². The van der Waals surface area contributed by atoms with Crippen LogP contribution in [0.3, 0.4) is 0 Å². The Morgan fingerprint density at radius 3 is 2.48 bits per heavy atom. The lowest BCUT2D eigenvalue weighted by molar-refractivity contribution is 0.469. The maximum atomic E-state index is 12.5. The maximum Gasteiger partial charge on any atom is 0.242 e. The Morgan fingerprint density at radius 2 is 2.00 bits per heavy atom. The van der Waals surface area contributed by atoms with E-state index in [0.29, 0.717) is 5.82 Å². The number of aromatic nitrogens is 1. The predicted molar refractivity (Wildman–Crippen MR) is 86.0 cm³/mol. The summed E-state index contributed by atoms with van der Waals surface area (Å²) in [4.78, 5) is 5.23. The molecule has 2 aromatic heterocycles. The van der Waals surface area contributed by atoms with Crippen LogP contribution in [-0.2, 0) is 10.0 Å². The number of hydrogen-bond donors (Lipinski definition) is 2. The molecule has 0 radical (unpaired) electrons. The summed E-state index contributed by atoms with van der Waals surface area (Å²) in [7, 11) is -1.85. The second kappa shape index (κ2) is 6.55. The van der Waals surface area contributed by atoms with Crippen LogP contribution >= 0.6 is 11.3 Å². The van der Waals surface area contributed by atoms with Crippen molar-refractivity contribution in [1.29, 1.82) is 0 Å². The summed E-state index contributed by atoms with van der Waals surface area (Å²) in [5, 5.41) is 4.81. The van der Waals surface area contributed by atoms with Crippen molar-refractivity contribution in [3.63, 3.8) is 0 Å². The highest BCUT2D eigenvalue weighted by Gasteiger charge is 2.24. The van der Waals surface area contributed by atoms with E-state index >= 15 is 0 Å². The lowest BCUT2D eigenvalue weighted by Gasteiger charge is -2.21. The minimum Gasteiger partial charge on any atom is -0.373 e.